The lowest BCUT2D eigenvalue weighted by atomic mass is 10.2. The predicted octanol–water partition coefficient (Wildman–Crippen LogP) is 3.12. The van der Waals surface area contributed by atoms with Crippen LogP contribution in [0, 0.1) is 25.2 Å². The van der Waals surface area contributed by atoms with Gasteiger partial charge in [-0.15, -0.1) is 0 Å². The smallest absolute Gasteiger partial charge is 0.414 e. The van der Waals surface area contributed by atoms with Crippen molar-refractivity contribution in [2.45, 2.75) is 33.6 Å². The average molecular weight is 236 g/mol. The van der Waals surface area contributed by atoms with E-state index in [1.807, 2.05) is 13.0 Å². The highest BCUT2D eigenvalue weighted by Gasteiger charge is 2.16. The van der Waals surface area contributed by atoms with Crippen molar-refractivity contribution in [3.63, 3.8) is 0 Å². The molecule has 0 atom stereocenters. The van der Waals surface area contributed by atoms with Crippen molar-refractivity contribution >= 4 is 12.0 Å². The molecule has 0 unspecified atom stereocenters. The first kappa shape index (κ1) is 13.1. The molecule has 1 amide bonds. The van der Waals surface area contributed by atoms with Gasteiger partial charge in [-0.1, -0.05) is 13.3 Å². The van der Waals surface area contributed by atoms with Crippen molar-refractivity contribution in [1.29, 1.82) is 5.26 Å². The Balaban J connectivity index is 2.66. The molecule has 0 aliphatic heterocycles. The van der Waals surface area contributed by atoms with Crippen molar-refractivity contribution in [2.24, 2.45) is 0 Å². The van der Waals surface area contributed by atoms with Gasteiger partial charge in [0.2, 0.25) is 5.88 Å². The molecule has 1 aromatic heterocycles. The number of nitrogens with one attached hydrogen (secondary N) is 1. The molecule has 17 heavy (non-hydrogen) atoms. The molecule has 0 radical (unpaired) electrons. The summed E-state index contributed by atoms with van der Waals surface area (Å²) in [6.45, 7) is 5.88. The maximum Gasteiger partial charge on any atom is 0.414 e. The average Bonchev–Trinajstić information content (AvgIpc) is 2.54. The molecule has 0 fully saturated rings. The Morgan fingerprint density at radius 2 is 2.24 bits per heavy atom. The number of unbranched alkanes of at least 4 members (excludes halogenated alkanes) is 1. The number of anilines is 1. The van der Waals surface area contributed by atoms with E-state index in [4.69, 9.17) is 14.4 Å². The monoisotopic (exact) mass is 236 g/mol. The summed E-state index contributed by atoms with van der Waals surface area (Å²) in [6, 6.07) is 1.99. The predicted molar refractivity (Wildman–Crippen MR) is 62.8 cm³/mol. The Hall–Kier alpha value is -1.96. The molecule has 5 nitrogen and oxygen atoms in total. The summed E-state index contributed by atoms with van der Waals surface area (Å²) >= 11 is 0. The Morgan fingerprint density at radius 3 is 2.82 bits per heavy atom. The SMILES string of the molecule is CCCCOC(=O)Nc1oc(C)c(C)c1C#N. The lowest BCUT2D eigenvalue weighted by Crippen LogP contribution is -2.14. The van der Waals surface area contributed by atoms with Crippen LogP contribution < -0.4 is 5.32 Å². The topological polar surface area (TPSA) is 75.3 Å². The number of hydrogen-bond donors (Lipinski definition) is 1. The first-order valence-electron chi connectivity index (χ1n) is 5.54. The van der Waals surface area contributed by atoms with Gasteiger partial charge in [0.15, 0.2) is 0 Å². The minimum absolute atomic E-state index is 0.156. The zero-order chi connectivity index (χ0) is 12.8. The summed E-state index contributed by atoms with van der Waals surface area (Å²) in [5, 5.41) is 11.4. The van der Waals surface area contributed by atoms with E-state index in [9.17, 15) is 4.79 Å². The molecule has 1 aromatic rings. The van der Waals surface area contributed by atoms with Crippen molar-refractivity contribution < 1.29 is 13.9 Å². The minimum Gasteiger partial charge on any atom is -0.449 e. The number of amides is 1. The summed E-state index contributed by atoms with van der Waals surface area (Å²) in [4.78, 5) is 11.4. The maximum absolute atomic E-state index is 11.4. The van der Waals surface area contributed by atoms with Gasteiger partial charge in [-0.25, -0.2) is 4.79 Å². The fraction of sp³-hybridized carbons (Fsp3) is 0.500. The Bertz CT molecular complexity index is 443. The van der Waals surface area contributed by atoms with Crippen LogP contribution in [-0.4, -0.2) is 12.7 Å². The van der Waals surface area contributed by atoms with Crippen molar-refractivity contribution in [1.82, 2.24) is 0 Å². The van der Waals surface area contributed by atoms with Gasteiger partial charge in [0.1, 0.15) is 17.4 Å². The second-order valence-electron chi connectivity index (χ2n) is 3.71. The third-order valence-corrected chi connectivity index (χ3v) is 2.44. The first-order chi connectivity index (χ1) is 8.10. The van der Waals surface area contributed by atoms with Gasteiger partial charge in [-0.3, -0.25) is 5.32 Å². The molecule has 1 rings (SSSR count). The van der Waals surface area contributed by atoms with Crippen LogP contribution >= 0.6 is 0 Å². The highest BCUT2D eigenvalue weighted by molar-refractivity contribution is 5.85. The van der Waals surface area contributed by atoms with E-state index >= 15 is 0 Å². The summed E-state index contributed by atoms with van der Waals surface area (Å²) in [5.41, 5.74) is 1.08. The fourth-order valence-electron chi connectivity index (χ4n) is 1.29. The van der Waals surface area contributed by atoms with Gasteiger partial charge in [-0.2, -0.15) is 5.26 Å². The van der Waals surface area contributed by atoms with Crippen LogP contribution in [0.3, 0.4) is 0 Å². The van der Waals surface area contributed by atoms with E-state index < -0.39 is 6.09 Å². The largest absolute Gasteiger partial charge is 0.449 e. The maximum atomic E-state index is 11.4. The number of carbonyl (C=O) groups excluding carboxylic acids is 1. The standard InChI is InChI=1S/C12H16N2O3/c1-4-5-6-16-12(15)14-11-10(7-13)8(2)9(3)17-11/h4-6H2,1-3H3,(H,14,15). The molecule has 0 aliphatic rings. The van der Waals surface area contributed by atoms with Gasteiger partial charge >= 0.3 is 6.09 Å². The Kier molecular flexibility index (Phi) is 4.58. The Labute approximate surface area is 100 Å². The number of hydrogen-bond acceptors (Lipinski definition) is 4. The van der Waals surface area contributed by atoms with Crippen LogP contribution in [0.1, 0.15) is 36.7 Å². The van der Waals surface area contributed by atoms with Crippen LogP contribution in [-0.2, 0) is 4.74 Å². The molecule has 1 heterocycles. The van der Waals surface area contributed by atoms with E-state index in [2.05, 4.69) is 5.32 Å². The lowest BCUT2D eigenvalue weighted by Gasteiger charge is -2.03. The van der Waals surface area contributed by atoms with Crippen molar-refractivity contribution in [3.05, 3.63) is 16.9 Å². The van der Waals surface area contributed by atoms with Gasteiger partial charge in [0.25, 0.3) is 0 Å². The normalized spacial score (nSPS) is 9.76. The first-order valence-corrected chi connectivity index (χ1v) is 5.54. The second kappa shape index (κ2) is 5.94. The molecule has 5 heteroatoms. The van der Waals surface area contributed by atoms with Crippen molar-refractivity contribution in [3.8, 4) is 6.07 Å². The van der Waals surface area contributed by atoms with Crippen LogP contribution in [0.2, 0.25) is 0 Å². The van der Waals surface area contributed by atoms with Crippen LogP contribution in [0.4, 0.5) is 10.7 Å². The molecular formula is C12H16N2O3. The highest BCUT2D eigenvalue weighted by atomic mass is 16.5. The van der Waals surface area contributed by atoms with Crippen LogP contribution in [0.15, 0.2) is 4.42 Å². The molecule has 92 valence electrons. The number of aryl methyl sites for hydroxylation is 1. The van der Waals surface area contributed by atoms with Gasteiger partial charge in [-0.05, 0) is 20.3 Å². The number of nitriles is 1. The lowest BCUT2D eigenvalue weighted by molar-refractivity contribution is 0.159. The number of furan rings is 1. The Morgan fingerprint density at radius 1 is 1.53 bits per heavy atom. The molecule has 0 aliphatic carbocycles. The zero-order valence-corrected chi connectivity index (χ0v) is 10.3. The van der Waals surface area contributed by atoms with E-state index in [1.165, 1.54) is 0 Å². The summed E-state index contributed by atoms with van der Waals surface area (Å²) in [6.07, 6.45) is 1.17. The summed E-state index contributed by atoms with van der Waals surface area (Å²) in [5.74, 6) is 0.773. The van der Waals surface area contributed by atoms with Gasteiger partial charge in [0.05, 0.1) is 6.61 Å². The summed E-state index contributed by atoms with van der Waals surface area (Å²) in [7, 11) is 0. The number of rotatable bonds is 4. The quantitative estimate of drug-likeness (QED) is 0.815. The fourth-order valence-corrected chi connectivity index (χ4v) is 1.29. The zero-order valence-electron chi connectivity index (χ0n) is 10.3. The number of carbonyl (C=O) groups is 1. The molecular weight excluding hydrogens is 220 g/mol. The van der Waals surface area contributed by atoms with Gasteiger partial charge in [0, 0.05) is 5.56 Å². The molecule has 0 saturated heterocycles. The number of nitrogens with zero attached hydrogens (tertiary/aromatic N) is 1. The third kappa shape index (κ3) is 3.25. The van der Waals surface area contributed by atoms with E-state index in [0.29, 0.717) is 17.9 Å². The molecule has 0 aromatic carbocycles. The van der Waals surface area contributed by atoms with E-state index in [0.717, 1.165) is 18.4 Å². The third-order valence-electron chi connectivity index (χ3n) is 2.44. The van der Waals surface area contributed by atoms with E-state index in [1.54, 1.807) is 13.8 Å². The minimum atomic E-state index is -0.594. The van der Waals surface area contributed by atoms with E-state index in [-0.39, 0.29) is 5.88 Å². The molecule has 0 bridgehead atoms. The van der Waals surface area contributed by atoms with Crippen LogP contribution in [0.5, 0.6) is 0 Å². The molecule has 0 saturated carbocycles. The van der Waals surface area contributed by atoms with Crippen LogP contribution in [0.25, 0.3) is 0 Å². The van der Waals surface area contributed by atoms with Gasteiger partial charge < -0.3 is 9.15 Å². The van der Waals surface area contributed by atoms with Crippen molar-refractivity contribution in [2.75, 3.05) is 11.9 Å². The highest BCUT2D eigenvalue weighted by Crippen LogP contribution is 2.25. The molecule has 1 N–H and O–H groups in total. The summed E-state index contributed by atoms with van der Waals surface area (Å²) < 4.78 is 10.2. The number of ether oxygens (including phenoxy) is 1. The molecule has 0 spiro atoms. The second-order valence-corrected chi connectivity index (χ2v) is 3.71.